The van der Waals surface area contributed by atoms with Gasteiger partial charge in [-0.25, -0.2) is 0 Å². The number of hydrogen-bond acceptors (Lipinski definition) is 2. The predicted molar refractivity (Wildman–Crippen MR) is 98.2 cm³/mol. The number of aliphatic carboxylic acids is 2. The smallest absolute Gasteiger partial charge is 0.307 e. The van der Waals surface area contributed by atoms with Crippen molar-refractivity contribution in [2.45, 2.75) is 98.3 Å². The van der Waals surface area contributed by atoms with Crippen LogP contribution in [0.5, 0.6) is 0 Å². The van der Waals surface area contributed by atoms with E-state index in [9.17, 15) is 19.8 Å². The van der Waals surface area contributed by atoms with Crippen molar-refractivity contribution in [2.24, 2.45) is 17.3 Å². The number of carboxylic acids is 2. The van der Waals surface area contributed by atoms with Gasteiger partial charge in [-0.1, -0.05) is 66.2 Å². The zero-order valence-electron chi connectivity index (χ0n) is 16.1. The zero-order chi connectivity index (χ0) is 18.6. The Labute approximate surface area is 148 Å². The van der Waals surface area contributed by atoms with Gasteiger partial charge in [0.1, 0.15) is 0 Å². The molecule has 0 spiro atoms. The first-order valence-electron chi connectivity index (χ1n) is 9.83. The highest BCUT2D eigenvalue weighted by Gasteiger charge is 2.44. The van der Waals surface area contributed by atoms with Crippen LogP contribution in [0.25, 0.3) is 0 Å². The third kappa shape index (κ3) is 7.23. The molecule has 2 N–H and O–H groups in total. The molecule has 4 heteroatoms. The summed E-state index contributed by atoms with van der Waals surface area (Å²) in [5.41, 5.74) is -0.0325. The molecule has 0 saturated heterocycles. The van der Waals surface area contributed by atoms with Gasteiger partial charge >= 0.3 is 11.9 Å². The molecule has 0 aliphatic carbocycles. The second-order valence-corrected chi connectivity index (χ2v) is 7.26. The summed E-state index contributed by atoms with van der Waals surface area (Å²) in [5.74, 6) is -2.76. The maximum Gasteiger partial charge on any atom is 0.307 e. The quantitative estimate of drug-likeness (QED) is 0.397. The minimum absolute atomic E-state index is 0.0325. The van der Waals surface area contributed by atoms with E-state index in [4.69, 9.17) is 0 Å². The van der Waals surface area contributed by atoms with Gasteiger partial charge in [-0.15, -0.1) is 0 Å². The van der Waals surface area contributed by atoms with Gasteiger partial charge in [0.25, 0.3) is 0 Å². The molecule has 0 rings (SSSR count). The van der Waals surface area contributed by atoms with Gasteiger partial charge in [-0.3, -0.25) is 9.59 Å². The first-order chi connectivity index (χ1) is 11.4. The lowest BCUT2D eigenvalue weighted by molar-refractivity contribution is -0.153. The topological polar surface area (TPSA) is 74.6 Å². The average molecular weight is 343 g/mol. The molecule has 2 unspecified atom stereocenters. The van der Waals surface area contributed by atoms with Crippen LogP contribution in [0.4, 0.5) is 0 Å². The van der Waals surface area contributed by atoms with E-state index < -0.39 is 17.9 Å². The van der Waals surface area contributed by atoms with Crippen molar-refractivity contribution >= 4 is 11.9 Å². The maximum atomic E-state index is 11.9. The van der Waals surface area contributed by atoms with Gasteiger partial charge in [0.15, 0.2) is 0 Å². The number of carbonyl (C=O) groups is 2. The lowest BCUT2D eigenvalue weighted by Gasteiger charge is -2.44. The molecule has 0 fully saturated rings. The van der Waals surface area contributed by atoms with Crippen molar-refractivity contribution in [1.29, 1.82) is 0 Å². The second kappa shape index (κ2) is 12.3. The van der Waals surface area contributed by atoms with E-state index in [1.54, 1.807) is 0 Å². The Hall–Kier alpha value is -1.06. The van der Waals surface area contributed by atoms with Crippen LogP contribution in [-0.4, -0.2) is 22.2 Å². The summed E-state index contributed by atoms with van der Waals surface area (Å²) in [6.45, 7) is 8.56. The largest absolute Gasteiger partial charge is 0.481 e. The SMILES string of the molecule is CCCCC(CCC)(CCCC)C(CCC)C(CC(=O)O)C(=O)O. The summed E-state index contributed by atoms with van der Waals surface area (Å²) in [7, 11) is 0. The molecule has 2 atom stereocenters. The van der Waals surface area contributed by atoms with E-state index >= 15 is 0 Å². The molecule has 0 saturated carbocycles. The second-order valence-electron chi connectivity index (χ2n) is 7.26. The van der Waals surface area contributed by atoms with Gasteiger partial charge in [0, 0.05) is 0 Å². The summed E-state index contributed by atoms with van der Waals surface area (Å²) in [5, 5.41) is 19.0. The molecule has 0 heterocycles. The normalized spacial score (nSPS) is 14.3. The summed E-state index contributed by atoms with van der Waals surface area (Å²) >= 11 is 0. The Bertz CT molecular complexity index is 357. The van der Waals surface area contributed by atoms with Crippen LogP contribution in [0.3, 0.4) is 0 Å². The molecule has 0 aromatic carbocycles. The molecule has 0 radical (unpaired) electrons. The van der Waals surface area contributed by atoms with E-state index in [1.165, 1.54) is 0 Å². The third-order valence-electron chi connectivity index (χ3n) is 5.39. The van der Waals surface area contributed by atoms with E-state index in [0.29, 0.717) is 0 Å². The fraction of sp³-hybridized carbons (Fsp3) is 0.900. The van der Waals surface area contributed by atoms with Crippen molar-refractivity contribution in [3.05, 3.63) is 0 Å². The fourth-order valence-corrected chi connectivity index (χ4v) is 4.32. The van der Waals surface area contributed by atoms with Gasteiger partial charge in [0.2, 0.25) is 0 Å². The van der Waals surface area contributed by atoms with Crippen LogP contribution < -0.4 is 0 Å². The Balaban J connectivity index is 5.81. The summed E-state index contributed by atoms with van der Waals surface area (Å²) in [6, 6.07) is 0. The Morgan fingerprint density at radius 2 is 1.38 bits per heavy atom. The standard InChI is InChI=1S/C20H38O4/c1-5-9-13-20(12-8-4,14-10-6-2)17(11-7-3)16(19(23)24)15-18(21)22/h16-17H,5-15H2,1-4H3,(H,21,22)(H,23,24). The van der Waals surface area contributed by atoms with Crippen LogP contribution in [0.2, 0.25) is 0 Å². The molecule has 0 aromatic rings. The molecule has 0 aliphatic heterocycles. The molecule has 142 valence electrons. The van der Waals surface area contributed by atoms with Crippen LogP contribution in [-0.2, 0) is 9.59 Å². The van der Waals surface area contributed by atoms with Crippen LogP contribution in [0.15, 0.2) is 0 Å². The van der Waals surface area contributed by atoms with Crippen molar-refractivity contribution in [3.8, 4) is 0 Å². The lowest BCUT2D eigenvalue weighted by Crippen LogP contribution is -2.40. The summed E-state index contributed by atoms with van der Waals surface area (Å²) in [4.78, 5) is 23.2. The van der Waals surface area contributed by atoms with Gasteiger partial charge in [-0.2, -0.15) is 0 Å². The minimum atomic E-state index is -1.00. The molecule has 0 aliphatic rings. The monoisotopic (exact) mass is 342 g/mol. The maximum absolute atomic E-state index is 11.9. The zero-order valence-corrected chi connectivity index (χ0v) is 16.1. The third-order valence-corrected chi connectivity index (χ3v) is 5.39. The number of rotatable bonds is 15. The molecule has 24 heavy (non-hydrogen) atoms. The first kappa shape index (κ1) is 22.9. The molecular weight excluding hydrogens is 304 g/mol. The van der Waals surface area contributed by atoms with Crippen molar-refractivity contribution in [2.75, 3.05) is 0 Å². The van der Waals surface area contributed by atoms with E-state index in [1.807, 2.05) is 0 Å². The first-order valence-corrected chi connectivity index (χ1v) is 9.83. The summed E-state index contributed by atoms with van der Waals surface area (Å²) in [6.07, 6.45) is 9.86. The lowest BCUT2D eigenvalue weighted by atomic mass is 9.60. The fourth-order valence-electron chi connectivity index (χ4n) is 4.32. The Morgan fingerprint density at radius 3 is 1.71 bits per heavy atom. The van der Waals surface area contributed by atoms with Crippen molar-refractivity contribution < 1.29 is 19.8 Å². The average Bonchev–Trinajstić information content (AvgIpc) is 2.53. The Kier molecular flexibility index (Phi) is 11.8. The van der Waals surface area contributed by atoms with Crippen LogP contribution in [0.1, 0.15) is 98.3 Å². The van der Waals surface area contributed by atoms with E-state index in [0.717, 1.165) is 64.2 Å². The molecular formula is C20H38O4. The minimum Gasteiger partial charge on any atom is -0.481 e. The van der Waals surface area contributed by atoms with Crippen LogP contribution >= 0.6 is 0 Å². The number of hydrogen-bond donors (Lipinski definition) is 2. The highest BCUT2D eigenvalue weighted by atomic mass is 16.4. The highest BCUT2D eigenvalue weighted by molar-refractivity contribution is 5.78. The number of carboxylic acid groups (broad SMARTS) is 2. The van der Waals surface area contributed by atoms with E-state index in [2.05, 4.69) is 27.7 Å². The highest BCUT2D eigenvalue weighted by Crippen LogP contribution is 2.49. The van der Waals surface area contributed by atoms with E-state index in [-0.39, 0.29) is 17.8 Å². The van der Waals surface area contributed by atoms with Crippen molar-refractivity contribution in [3.63, 3.8) is 0 Å². The molecule has 4 nitrogen and oxygen atoms in total. The van der Waals surface area contributed by atoms with Gasteiger partial charge in [-0.05, 0) is 37.0 Å². The predicted octanol–water partition coefficient (Wildman–Crippen LogP) is 5.75. The number of unbranched alkanes of at least 4 members (excludes halogenated alkanes) is 2. The van der Waals surface area contributed by atoms with Crippen molar-refractivity contribution in [1.82, 2.24) is 0 Å². The van der Waals surface area contributed by atoms with Gasteiger partial charge < -0.3 is 10.2 Å². The summed E-state index contributed by atoms with van der Waals surface area (Å²) < 4.78 is 0. The molecule has 0 amide bonds. The molecule has 0 bridgehead atoms. The van der Waals surface area contributed by atoms with Crippen LogP contribution in [0, 0.1) is 17.3 Å². The van der Waals surface area contributed by atoms with Gasteiger partial charge in [0.05, 0.1) is 12.3 Å². The molecule has 0 aromatic heterocycles. The Morgan fingerprint density at radius 1 is 0.833 bits per heavy atom.